The molecule has 1 aromatic rings. The highest BCUT2D eigenvalue weighted by molar-refractivity contribution is 5.97. The lowest BCUT2D eigenvalue weighted by molar-refractivity contribution is 0.0698. The van der Waals surface area contributed by atoms with Crippen molar-refractivity contribution >= 4 is 5.91 Å². The summed E-state index contributed by atoms with van der Waals surface area (Å²) in [5.41, 5.74) is 5.86. The van der Waals surface area contributed by atoms with Crippen LogP contribution < -0.4 is 15.2 Å². The number of aliphatic hydroxyl groups excluding tert-OH is 1. The van der Waals surface area contributed by atoms with Crippen molar-refractivity contribution in [2.75, 3.05) is 33.9 Å². The number of likely N-dealkylation sites (N-methyl/N-ethyl adjacent to an activating group) is 1. The third kappa shape index (κ3) is 4.91. The monoisotopic (exact) mass is 296 g/mol. The molecule has 0 spiro atoms. The Morgan fingerprint density at radius 3 is 2.76 bits per heavy atom. The summed E-state index contributed by atoms with van der Waals surface area (Å²) < 4.78 is 10.9. The first-order valence-electron chi connectivity index (χ1n) is 6.94. The molecule has 0 aliphatic heterocycles. The van der Waals surface area contributed by atoms with Crippen LogP contribution in [-0.2, 0) is 0 Å². The molecule has 6 nitrogen and oxygen atoms in total. The summed E-state index contributed by atoms with van der Waals surface area (Å²) in [5.74, 6) is 0.691. The van der Waals surface area contributed by atoms with Crippen LogP contribution in [0, 0.1) is 0 Å². The van der Waals surface area contributed by atoms with Gasteiger partial charge in [0.2, 0.25) is 0 Å². The molecule has 0 aliphatic rings. The number of carbonyl (C=O) groups excluding carboxylic acids is 1. The summed E-state index contributed by atoms with van der Waals surface area (Å²) in [7, 11) is 3.16. The van der Waals surface area contributed by atoms with E-state index in [0.29, 0.717) is 36.6 Å². The molecule has 6 heteroatoms. The van der Waals surface area contributed by atoms with Gasteiger partial charge in [-0.15, -0.1) is 0 Å². The number of hydrogen-bond acceptors (Lipinski definition) is 5. The summed E-state index contributed by atoms with van der Waals surface area (Å²) in [6.07, 6.45) is 0.0982. The Hall–Kier alpha value is -1.79. The smallest absolute Gasteiger partial charge is 0.257 e. The van der Waals surface area contributed by atoms with Crippen LogP contribution in [0.25, 0.3) is 0 Å². The van der Waals surface area contributed by atoms with Gasteiger partial charge in [-0.2, -0.15) is 0 Å². The van der Waals surface area contributed by atoms with Gasteiger partial charge in [0.1, 0.15) is 0 Å². The van der Waals surface area contributed by atoms with Crippen molar-refractivity contribution < 1.29 is 19.4 Å². The standard InChI is InChI=1S/C15H24N2O4/c1-11(18)10-17(2)15(19)12-6-4-7-13(20-3)14(12)21-9-5-8-16/h4,6-7,11,18H,5,8-10,16H2,1-3H3/t11-/m1/s1. The first-order valence-corrected chi connectivity index (χ1v) is 6.94. The molecule has 0 saturated heterocycles. The van der Waals surface area contributed by atoms with Crippen molar-refractivity contribution in [2.24, 2.45) is 5.73 Å². The predicted molar refractivity (Wildman–Crippen MR) is 80.8 cm³/mol. The van der Waals surface area contributed by atoms with E-state index in [1.807, 2.05) is 0 Å². The number of nitrogens with zero attached hydrogens (tertiary/aromatic N) is 1. The Bertz CT molecular complexity index is 463. The van der Waals surface area contributed by atoms with E-state index >= 15 is 0 Å². The lowest BCUT2D eigenvalue weighted by atomic mass is 10.1. The van der Waals surface area contributed by atoms with Gasteiger partial charge in [-0.25, -0.2) is 0 Å². The summed E-state index contributed by atoms with van der Waals surface area (Å²) in [6.45, 7) is 2.81. The summed E-state index contributed by atoms with van der Waals surface area (Å²) in [4.78, 5) is 13.9. The maximum atomic E-state index is 12.5. The minimum absolute atomic E-state index is 0.224. The van der Waals surface area contributed by atoms with Gasteiger partial charge in [0.05, 0.1) is 25.4 Å². The Morgan fingerprint density at radius 1 is 1.48 bits per heavy atom. The van der Waals surface area contributed by atoms with Crippen LogP contribution in [0.2, 0.25) is 0 Å². The fourth-order valence-electron chi connectivity index (χ4n) is 1.94. The van der Waals surface area contributed by atoms with Crippen LogP contribution in [0.1, 0.15) is 23.7 Å². The highest BCUT2D eigenvalue weighted by atomic mass is 16.5. The lowest BCUT2D eigenvalue weighted by Gasteiger charge is -2.21. The van der Waals surface area contributed by atoms with E-state index in [2.05, 4.69) is 0 Å². The van der Waals surface area contributed by atoms with Crippen molar-refractivity contribution in [3.63, 3.8) is 0 Å². The largest absolute Gasteiger partial charge is 0.493 e. The van der Waals surface area contributed by atoms with E-state index in [4.69, 9.17) is 15.2 Å². The number of aliphatic hydroxyl groups is 1. The quantitative estimate of drug-likeness (QED) is 0.696. The second-order valence-corrected chi connectivity index (χ2v) is 4.86. The van der Waals surface area contributed by atoms with Crippen molar-refractivity contribution in [3.8, 4) is 11.5 Å². The third-order valence-electron chi connectivity index (χ3n) is 2.91. The number of benzene rings is 1. The molecule has 0 aliphatic carbocycles. The molecule has 1 atom stereocenters. The van der Waals surface area contributed by atoms with Crippen LogP contribution in [0.5, 0.6) is 11.5 Å². The normalized spacial score (nSPS) is 11.9. The molecule has 0 fully saturated rings. The first kappa shape index (κ1) is 17.3. The Morgan fingerprint density at radius 2 is 2.19 bits per heavy atom. The number of nitrogens with two attached hydrogens (primary N) is 1. The summed E-state index contributed by atoms with van der Waals surface area (Å²) in [6, 6.07) is 5.16. The molecule has 1 aromatic carbocycles. The van der Waals surface area contributed by atoms with E-state index in [0.717, 1.165) is 0 Å². The second kappa shape index (κ2) is 8.49. The van der Waals surface area contributed by atoms with Gasteiger partial charge in [0, 0.05) is 13.6 Å². The minimum Gasteiger partial charge on any atom is -0.493 e. The maximum absolute atomic E-state index is 12.5. The predicted octanol–water partition coefficient (Wildman–Crippen LogP) is 0.876. The molecule has 1 rings (SSSR count). The van der Waals surface area contributed by atoms with Gasteiger partial charge < -0.3 is 25.2 Å². The van der Waals surface area contributed by atoms with Gasteiger partial charge in [-0.1, -0.05) is 6.07 Å². The van der Waals surface area contributed by atoms with Crippen molar-refractivity contribution in [2.45, 2.75) is 19.4 Å². The molecule has 0 bridgehead atoms. The van der Waals surface area contributed by atoms with Crippen molar-refractivity contribution in [1.82, 2.24) is 4.90 Å². The zero-order valence-corrected chi connectivity index (χ0v) is 12.8. The third-order valence-corrected chi connectivity index (χ3v) is 2.91. The fraction of sp³-hybridized carbons (Fsp3) is 0.533. The van der Waals surface area contributed by atoms with E-state index in [1.165, 1.54) is 12.0 Å². The molecule has 118 valence electrons. The number of rotatable bonds is 8. The summed E-state index contributed by atoms with van der Waals surface area (Å²) in [5, 5.41) is 9.40. The maximum Gasteiger partial charge on any atom is 0.257 e. The molecule has 0 unspecified atom stereocenters. The zero-order valence-electron chi connectivity index (χ0n) is 12.8. The van der Waals surface area contributed by atoms with Gasteiger partial charge in [-0.05, 0) is 32.0 Å². The highest BCUT2D eigenvalue weighted by Crippen LogP contribution is 2.32. The average molecular weight is 296 g/mol. The number of hydrogen-bond donors (Lipinski definition) is 2. The number of ether oxygens (including phenoxy) is 2. The molecule has 0 heterocycles. The lowest BCUT2D eigenvalue weighted by Crippen LogP contribution is -2.33. The first-order chi connectivity index (χ1) is 10.0. The van der Waals surface area contributed by atoms with Crippen LogP contribution in [0.4, 0.5) is 0 Å². The van der Waals surface area contributed by atoms with Crippen molar-refractivity contribution in [1.29, 1.82) is 0 Å². The number of methoxy groups -OCH3 is 1. The van der Waals surface area contributed by atoms with E-state index in [1.54, 1.807) is 32.2 Å². The topological polar surface area (TPSA) is 85.0 Å². The van der Waals surface area contributed by atoms with Crippen molar-refractivity contribution in [3.05, 3.63) is 23.8 Å². The Kier molecular flexibility index (Phi) is 6.98. The van der Waals surface area contributed by atoms with E-state index < -0.39 is 6.10 Å². The van der Waals surface area contributed by atoms with Gasteiger partial charge >= 0.3 is 0 Å². The Balaban J connectivity index is 3.01. The molecule has 1 amide bonds. The minimum atomic E-state index is -0.592. The molecule has 0 radical (unpaired) electrons. The number of carbonyl (C=O) groups is 1. The van der Waals surface area contributed by atoms with Crippen LogP contribution in [0.3, 0.4) is 0 Å². The average Bonchev–Trinajstić information content (AvgIpc) is 2.46. The van der Waals surface area contributed by atoms with E-state index in [-0.39, 0.29) is 12.5 Å². The zero-order chi connectivity index (χ0) is 15.8. The van der Waals surface area contributed by atoms with Gasteiger partial charge in [-0.3, -0.25) is 4.79 Å². The van der Waals surface area contributed by atoms with Crippen LogP contribution >= 0.6 is 0 Å². The molecular formula is C15H24N2O4. The number of amides is 1. The molecular weight excluding hydrogens is 272 g/mol. The van der Waals surface area contributed by atoms with Gasteiger partial charge in [0.25, 0.3) is 5.91 Å². The SMILES string of the molecule is COc1cccc(C(=O)N(C)C[C@@H](C)O)c1OCCCN. The highest BCUT2D eigenvalue weighted by Gasteiger charge is 2.20. The Labute approximate surface area is 125 Å². The van der Waals surface area contributed by atoms with Crippen LogP contribution in [0.15, 0.2) is 18.2 Å². The second-order valence-electron chi connectivity index (χ2n) is 4.86. The van der Waals surface area contributed by atoms with E-state index in [9.17, 15) is 9.90 Å². The molecule has 0 aromatic heterocycles. The summed E-state index contributed by atoms with van der Waals surface area (Å²) >= 11 is 0. The van der Waals surface area contributed by atoms with Gasteiger partial charge in [0.15, 0.2) is 11.5 Å². The molecule has 3 N–H and O–H groups in total. The molecule has 21 heavy (non-hydrogen) atoms. The fourth-order valence-corrected chi connectivity index (χ4v) is 1.94. The molecule has 0 saturated carbocycles. The van der Waals surface area contributed by atoms with Crippen LogP contribution in [-0.4, -0.2) is 55.9 Å². The number of para-hydroxylation sites is 1.